The van der Waals surface area contributed by atoms with Crippen molar-refractivity contribution < 1.29 is 9.53 Å². The van der Waals surface area contributed by atoms with Crippen LogP contribution in [0.5, 0.6) is 0 Å². The highest BCUT2D eigenvalue weighted by molar-refractivity contribution is 7.99. The van der Waals surface area contributed by atoms with Crippen molar-refractivity contribution in [1.29, 1.82) is 0 Å². The van der Waals surface area contributed by atoms with E-state index in [4.69, 9.17) is 9.72 Å². The van der Waals surface area contributed by atoms with Crippen molar-refractivity contribution >= 4 is 28.4 Å². The Morgan fingerprint density at radius 3 is 2.70 bits per heavy atom. The lowest BCUT2D eigenvalue weighted by Gasteiger charge is -2.26. The molecule has 2 aromatic heterocycles. The number of para-hydroxylation sites is 1. The lowest BCUT2D eigenvalue weighted by molar-refractivity contribution is 0.102. The van der Waals surface area contributed by atoms with Gasteiger partial charge in [0.15, 0.2) is 10.9 Å². The van der Waals surface area contributed by atoms with Gasteiger partial charge >= 0.3 is 0 Å². The van der Waals surface area contributed by atoms with Crippen LogP contribution in [-0.2, 0) is 11.3 Å². The molecule has 1 saturated carbocycles. The van der Waals surface area contributed by atoms with Crippen LogP contribution in [0, 0.1) is 13.8 Å². The third kappa shape index (κ3) is 5.09. The number of ether oxygens (including phenoxy) is 1. The van der Waals surface area contributed by atoms with Crippen molar-refractivity contribution in [2.24, 2.45) is 0 Å². The van der Waals surface area contributed by atoms with Gasteiger partial charge in [-0.3, -0.25) is 14.2 Å². The number of carbonyl (C=O) groups excluding carboxylic acids is 1. The molecule has 7 heteroatoms. The first kappa shape index (κ1) is 23.8. The molecule has 0 amide bonds. The van der Waals surface area contributed by atoms with Crippen LogP contribution in [0.3, 0.4) is 0 Å². The minimum absolute atomic E-state index is 0.0127. The first-order valence-electron chi connectivity index (χ1n) is 11.8. The van der Waals surface area contributed by atoms with Crippen molar-refractivity contribution in [3.05, 3.63) is 57.6 Å². The average Bonchev–Trinajstić information content (AvgIpc) is 3.12. The lowest BCUT2D eigenvalue weighted by Crippen LogP contribution is -2.29. The first-order chi connectivity index (χ1) is 16.0. The van der Waals surface area contributed by atoms with Gasteiger partial charge in [0.05, 0.1) is 16.7 Å². The Labute approximate surface area is 199 Å². The molecule has 33 heavy (non-hydrogen) atoms. The van der Waals surface area contributed by atoms with Crippen LogP contribution in [-0.4, -0.2) is 39.4 Å². The fraction of sp³-hybridized carbons (Fsp3) is 0.500. The summed E-state index contributed by atoms with van der Waals surface area (Å²) >= 11 is 1.39. The highest BCUT2D eigenvalue weighted by Gasteiger charge is 2.23. The predicted octanol–water partition coefficient (Wildman–Crippen LogP) is 5.33. The third-order valence-corrected chi connectivity index (χ3v) is 7.60. The number of benzene rings is 1. The number of aryl methyl sites for hydroxylation is 1. The molecule has 0 spiro atoms. The highest BCUT2D eigenvalue weighted by Crippen LogP contribution is 2.31. The van der Waals surface area contributed by atoms with Gasteiger partial charge in [0, 0.05) is 43.3 Å². The largest absolute Gasteiger partial charge is 0.385 e. The number of fused-ring (bicyclic) bond motifs is 1. The Balaban J connectivity index is 1.60. The van der Waals surface area contributed by atoms with E-state index in [1.807, 2.05) is 48.7 Å². The lowest BCUT2D eigenvalue weighted by atomic mass is 9.95. The minimum Gasteiger partial charge on any atom is -0.385 e. The second-order valence-electron chi connectivity index (χ2n) is 8.87. The van der Waals surface area contributed by atoms with Crippen LogP contribution in [0.4, 0.5) is 0 Å². The van der Waals surface area contributed by atoms with E-state index >= 15 is 0 Å². The Hall–Kier alpha value is -2.38. The SMILES string of the molecule is COCCCn1c(C)cc(C(=O)CSc2nc3ccccc3c(=O)n2C2CCCCC2)c1C. The van der Waals surface area contributed by atoms with Gasteiger partial charge in [-0.25, -0.2) is 4.98 Å². The fourth-order valence-corrected chi connectivity index (χ4v) is 5.84. The second kappa shape index (κ2) is 10.7. The molecule has 1 aliphatic rings. The van der Waals surface area contributed by atoms with E-state index < -0.39 is 0 Å². The van der Waals surface area contributed by atoms with Gasteiger partial charge in [-0.15, -0.1) is 0 Å². The Bertz CT molecular complexity index is 1190. The number of carbonyl (C=O) groups is 1. The fourth-order valence-electron chi connectivity index (χ4n) is 4.89. The summed E-state index contributed by atoms with van der Waals surface area (Å²) in [5.41, 5.74) is 3.54. The summed E-state index contributed by atoms with van der Waals surface area (Å²) in [6.45, 7) is 5.57. The zero-order valence-electron chi connectivity index (χ0n) is 19.8. The molecular formula is C26H33N3O3S. The number of methoxy groups -OCH3 is 1. The van der Waals surface area contributed by atoms with E-state index in [1.165, 1.54) is 18.2 Å². The van der Waals surface area contributed by atoms with Crippen molar-refractivity contribution in [1.82, 2.24) is 14.1 Å². The molecule has 176 valence electrons. The van der Waals surface area contributed by atoms with Gasteiger partial charge in [-0.05, 0) is 51.3 Å². The third-order valence-electron chi connectivity index (χ3n) is 6.65. The molecule has 0 bridgehead atoms. The normalized spacial score (nSPS) is 14.8. The van der Waals surface area contributed by atoms with E-state index in [0.717, 1.165) is 55.6 Å². The molecule has 1 aromatic carbocycles. The van der Waals surface area contributed by atoms with Gasteiger partial charge in [0.1, 0.15) is 0 Å². The number of Topliss-reactive ketones (excluding diaryl/α,β-unsaturated/α-hetero) is 1. The second-order valence-corrected chi connectivity index (χ2v) is 9.82. The summed E-state index contributed by atoms with van der Waals surface area (Å²) in [7, 11) is 1.70. The molecular weight excluding hydrogens is 434 g/mol. The Morgan fingerprint density at radius 2 is 1.94 bits per heavy atom. The van der Waals surface area contributed by atoms with E-state index in [1.54, 1.807) is 7.11 Å². The topological polar surface area (TPSA) is 66.1 Å². The van der Waals surface area contributed by atoms with Gasteiger partial charge in [-0.1, -0.05) is 43.2 Å². The zero-order valence-corrected chi connectivity index (χ0v) is 20.6. The summed E-state index contributed by atoms with van der Waals surface area (Å²) in [6.07, 6.45) is 6.36. The standard InChI is InChI=1S/C26H33N3O3S/c1-18-16-22(19(2)28(18)14-9-15-32-3)24(30)17-33-26-27-23-13-8-7-12-21(23)25(31)29(26)20-10-5-4-6-11-20/h7-8,12-13,16,20H,4-6,9-11,14-15,17H2,1-3H3. The van der Waals surface area contributed by atoms with E-state index in [-0.39, 0.29) is 23.1 Å². The molecule has 0 atom stereocenters. The molecule has 0 unspecified atom stereocenters. The Kier molecular flexibility index (Phi) is 7.71. The number of hydrogen-bond acceptors (Lipinski definition) is 5. The van der Waals surface area contributed by atoms with Crippen LogP contribution >= 0.6 is 11.8 Å². The van der Waals surface area contributed by atoms with Crippen LogP contribution in [0.1, 0.15) is 66.3 Å². The maximum absolute atomic E-state index is 13.4. The van der Waals surface area contributed by atoms with Gasteiger partial charge in [0.25, 0.3) is 5.56 Å². The monoisotopic (exact) mass is 467 g/mol. The molecule has 0 radical (unpaired) electrons. The number of ketones is 1. The number of hydrogen-bond donors (Lipinski definition) is 0. The van der Waals surface area contributed by atoms with E-state index in [2.05, 4.69) is 4.57 Å². The molecule has 2 heterocycles. The quantitative estimate of drug-likeness (QED) is 0.184. The highest BCUT2D eigenvalue weighted by atomic mass is 32.2. The van der Waals surface area contributed by atoms with Crippen LogP contribution in [0.25, 0.3) is 10.9 Å². The van der Waals surface area contributed by atoms with Crippen molar-refractivity contribution in [3.63, 3.8) is 0 Å². The average molecular weight is 468 g/mol. The van der Waals surface area contributed by atoms with Crippen LogP contribution < -0.4 is 5.56 Å². The molecule has 1 fully saturated rings. The smallest absolute Gasteiger partial charge is 0.262 e. The minimum atomic E-state index is 0.0127. The first-order valence-corrected chi connectivity index (χ1v) is 12.8. The summed E-state index contributed by atoms with van der Waals surface area (Å²) in [4.78, 5) is 31.4. The molecule has 0 N–H and O–H groups in total. The molecule has 4 rings (SSSR count). The van der Waals surface area contributed by atoms with Crippen molar-refractivity contribution in [3.8, 4) is 0 Å². The van der Waals surface area contributed by atoms with Gasteiger partial charge in [-0.2, -0.15) is 0 Å². The zero-order chi connectivity index (χ0) is 23.4. The number of aromatic nitrogens is 3. The molecule has 6 nitrogen and oxygen atoms in total. The van der Waals surface area contributed by atoms with Gasteiger partial charge in [0.2, 0.25) is 0 Å². The number of thioether (sulfide) groups is 1. The summed E-state index contributed by atoms with van der Waals surface area (Å²) in [5, 5.41) is 1.31. The number of nitrogens with zero attached hydrogens (tertiary/aromatic N) is 3. The van der Waals surface area contributed by atoms with Gasteiger partial charge < -0.3 is 9.30 Å². The maximum atomic E-state index is 13.4. The molecule has 0 aliphatic heterocycles. The van der Waals surface area contributed by atoms with Crippen LogP contribution in [0.15, 0.2) is 40.3 Å². The van der Waals surface area contributed by atoms with E-state index in [0.29, 0.717) is 22.7 Å². The number of rotatable bonds is 9. The van der Waals surface area contributed by atoms with E-state index in [9.17, 15) is 9.59 Å². The summed E-state index contributed by atoms with van der Waals surface area (Å²) in [5.74, 6) is 0.337. The van der Waals surface area contributed by atoms with Crippen molar-refractivity contribution in [2.45, 2.75) is 70.1 Å². The maximum Gasteiger partial charge on any atom is 0.262 e. The van der Waals surface area contributed by atoms with Crippen molar-refractivity contribution in [2.75, 3.05) is 19.5 Å². The molecule has 1 aliphatic carbocycles. The Morgan fingerprint density at radius 1 is 1.18 bits per heavy atom. The molecule has 0 saturated heterocycles. The molecule has 3 aromatic rings. The van der Waals surface area contributed by atoms with Crippen LogP contribution in [0.2, 0.25) is 0 Å². The summed E-state index contributed by atoms with van der Waals surface area (Å²) in [6, 6.07) is 9.65. The predicted molar refractivity (Wildman–Crippen MR) is 134 cm³/mol. The summed E-state index contributed by atoms with van der Waals surface area (Å²) < 4.78 is 9.22.